The predicted octanol–water partition coefficient (Wildman–Crippen LogP) is 1.00. The molecule has 0 fully saturated rings. The van der Waals surface area contributed by atoms with Crippen LogP contribution in [-0.4, -0.2) is 32.4 Å². The highest BCUT2D eigenvalue weighted by atomic mass is 16.3. The molecule has 0 unspecified atom stereocenters. The first kappa shape index (κ1) is 10.1. The number of aromatic nitrogens is 3. The summed E-state index contributed by atoms with van der Waals surface area (Å²) in [4.78, 5) is 2.82. The largest absolute Gasteiger partial charge is 0.504 e. The highest BCUT2D eigenvalue weighted by molar-refractivity contribution is 5.66. The van der Waals surface area contributed by atoms with Gasteiger partial charge in [0.25, 0.3) is 0 Å². The lowest BCUT2D eigenvalue weighted by Crippen LogP contribution is -1.93. The van der Waals surface area contributed by atoms with Gasteiger partial charge in [-0.25, -0.2) is 0 Å². The van der Waals surface area contributed by atoms with Crippen molar-refractivity contribution in [1.82, 2.24) is 15.2 Å². The van der Waals surface area contributed by atoms with Gasteiger partial charge in [0.2, 0.25) is 11.9 Å². The highest BCUT2D eigenvalue weighted by Gasteiger charge is 2.07. The molecule has 0 bridgehead atoms. The smallest absolute Gasteiger partial charge is 0.227 e. The molecule has 0 saturated heterocycles. The van der Waals surface area contributed by atoms with Gasteiger partial charge in [0, 0.05) is 7.05 Å². The first-order valence-corrected chi connectivity index (χ1v) is 4.59. The van der Waals surface area contributed by atoms with Gasteiger partial charge < -0.3 is 20.8 Å². The fourth-order valence-corrected chi connectivity index (χ4v) is 1.19. The molecule has 84 valence electrons. The minimum Gasteiger partial charge on any atom is -0.504 e. The summed E-state index contributed by atoms with van der Waals surface area (Å²) < 4.78 is 0. The molecule has 2 rings (SSSR count). The summed E-state index contributed by atoms with van der Waals surface area (Å²) in [5.74, 6) is 0.440. The van der Waals surface area contributed by atoms with Crippen molar-refractivity contribution in [3.05, 3.63) is 18.2 Å². The van der Waals surface area contributed by atoms with Crippen molar-refractivity contribution in [1.29, 1.82) is 0 Å². The van der Waals surface area contributed by atoms with Crippen molar-refractivity contribution in [2.45, 2.75) is 0 Å². The van der Waals surface area contributed by atoms with Gasteiger partial charge in [-0.3, -0.25) is 4.98 Å². The van der Waals surface area contributed by atoms with Gasteiger partial charge in [0.15, 0.2) is 11.5 Å². The van der Waals surface area contributed by atoms with Gasteiger partial charge in [-0.1, -0.05) is 6.07 Å². The number of phenolic OH excluding ortho intramolecular Hbond substituents is 2. The molecule has 0 atom stereocenters. The Bertz CT molecular complexity index is 496. The normalized spacial score (nSPS) is 10.1. The number of aromatic amines is 1. The Morgan fingerprint density at radius 1 is 1.19 bits per heavy atom. The monoisotopic (exact) mass is 221 g/mol. The number of hydrogen-bond acceptors (Lipinski definition) is 6. The van der Waals surface area contributed by atoms with E-state index >= 15 is 0 Å². The molecule has 7 heteroatoms. The molecule has 0 saturated carbocycles. The predicted molar refractivity (Wildman–Crippen MR) is 59.0 cm³/mol. The van der Waals surface area contributed by atoms with Gasteiger partial charge in [-0.2, -0.15) is 0 Å². The van der Waals surface area contributed by atoms with Gasteiger partial charge >= 0.3 is 0 Å². The average molecular weight is 221 g/mol. The van der Waals surface area contributed by atoms with Crippen LogP contribution in [0.4, 0.5) is 17.6 Å². The first-order chi connectivity index (χ1) is 7.70. The van der Waals surface area contributed by atoms with Gasteiger partial charge in [-0.15, -0.1) is 10.2 Å². The molecule has 0 aliphatic carbocycles. The Morgan fingerprint density at radius 2 is 1.94 bits per heavy atom. The molecular weight excluding hydrogens is 210 g/mol. The number of H-pyrrole nitrogens is 1. The van der Waals surface area contributed by atoms with Crippen LogP contribution in [0.15, 0.2) is 18.2 Å². The Balaban J connectivity index is 2.23. The zero-order chi connectivity index (χ0) is 11.5. The lowest BCUT2D eigenvalue weighted by atomic mass is 10.3. The van der Waals surface area contributed by atoms with Crippen molar-refractivity contribution in [3.8, 4) is 11.5 Å². The fraction of sp³-hybridized carbons (Fsp3) is 0.111. The van der Waals surface area contributed by atoms with E-state index in [2.05, 4.69) is 25.8 Å². The lowest BCUT2D eigenvalue weighted by molar-refractivity contribution is 0.405. The zero-order valence-corrected chi connectivity index (χ0v) is 8.52. The van der Waals surface area contributed by atoms with E-state index in [1.165, 1.54) is 6.07 Å². The second kappa shape index (κ2) is 3.97. The molecule has 1 aromatic heterocycles. The summed E-state index contributed by atoms with van der Waals surface area (Å²) >= 11 is 0. The molecule has 0 aliphatic rings. The van der Waals surface area contributed by atoms with Crippen LogP contribution in [0.1, 0.15) is 0 Å². The highest BCUT2D eigenvalue weighted by Crippen LogP contribution is 2.33. The van der Waals surface area contributed by atoms with E-state index in [9.17, 15) is 10.2 Å². The van der Waals surface area contributed by atoms with Gasteiger partial charge in [0.05, 0.1) is 5.69 Å². The number of benzene rings is 1. The van der Waals surface area contributed by atoms with E-state index in [0.29, 0.717) is 17.6 Å². The van der Waals surface area contributed by atoms with Crippen LogP contribution in [0, 0.1) is 0 Å². The number of rotatable bonds is 3. The quantitative estimate of drug-likeness (QED) is 0.495. The first-order valence-electron chi connectivity index (χ1n) is 4.59. The number of nitrogens with zero attached hydrogens (tertiary/aromatic N) is 2. The number of hydrogen-bond donors (Lipinski definition) is 5. The third-order valence-electron chi connectivity index (χ3n) is 1.99. The maximum Gasteiger partial charge on any atom is 0.227 e. The summed E-state index contributed by atoms with van der Waals surface area (Å²) in [6.07, 6.45) is 0. The summed E-state index contributed by atoms with van der Waals surface area (Å²) in [7, 11) is 1.70. The molecule has 0 spiro atoms. The van der Waals surface area contributed by atoms with Crippen LogP contribution >= 0.6 is 0 Å². The molecule has 2 aromatic rings. The molecule has 1 aromatic carbocycles. The second-order valence-electron chi connectivity index (χ2n) is 3.07. The van der Waals surface area contributed by atoms with Crippen LogP contribution in [0.5, 0.6) is 11.5 Å². The molecule has 16 heavy (non-hydrogen) atoms. The number of phenols is 2. The third-order valence-corrected chi connectivity index (χ3v) is 1.99. The van der Waals surface area contributed by atoms with E-state index in [0.717, 1.165) is 0 Å². The maximum atomic E-state index is 9.53. The van der Waals surface area contributed by atoms with Crippen LogP contribution in [0.2, 0.25) is 0 Å². The minimum absolute atomic E-state index is 0.196. The van der Waals surface area contributed by atoms with E-state index in [1.807, 2.05) is 0 Å². The summed E-state index contributed by atoms with van der Waals surface area (Å²) in [6, 6.07) is 4.60. The topological polar surface area (TPSA) is 106 Å². The van der Waals surface area contributed by atoms with Crippen molar-refractivity contribution in [2.24, 2.45) is 0 Å². The molecule has 1 heterocycles. The van der Waals surface area contributed by atoms with Crippen LogP contribution in [-0.2, 0) is 0 Å². The van der Waals surface area contributed by atoms with Gasteiger partial charge in [-0.05, 0) is 12.1 Å². The van der Waals surface area contributed by atoms with Crippen molar-refractivity contribution < 1.29 is 10.2 Å². The molecule has 0 amide bonds. The van der Waals surface area contributed by atoms with Gasteiger partial charge in [0.1, 0.15) is 0 Å². The van der Waals surface area contributed by atoms with Crippen LogP contribution in [0.25, 0.3) is 0 Å². The number of nitrogens with one attached hydrogen (secondary N) is 3. The fourth-order valence-electron chi connectivity index (χ4n) is 1.19. The summed E-state index contributed by atoms with van der Waals surface area (Å²) in [5.41, 5.74) is 0.346. The van der Waals surface area contributed by atoms with Crippen molar-refractivity contribution in [3.63, 3.8) is 0 Å². The number of para-hydroxylation sites is 1. The summed E-state index contributed by atoms with van der Waals surface area (Å²) in [5, 5.41) is 31.9. The Kier molecular flexibility index (Phi) is 2.50. The molecular formula is C9H11N5O2. The average Bonchev–Trinajstić information content (AvgIpc) is 2.73. The Morgan fingerprint density at radius 3 is 2.62 bits per heavy atom. The van der Waals surface area contributed by atoms with Crippen LogP contribution in [0.3, 0.4) is 0 Å². The Hall–Kier alpha value is -2.44. The zero-order valence-electron chi connectivity index (χ0n) is 8.52. The van der Waals surface area contributed by atoms with E-state index in [4.69, 9.17) is 0 Å². The second-order valence-corrected chi connectivity index (χ2v) is 3.07. The lowest BCUT2D eigenvalue weighted by Gasteiger charge is -2.05. The maximum absolute atomic E-state index is 9.53. The number of aromatic hydroxyl groups is 2. The van der Waals surface area contributed by atoms with E-state index in [1.54, 1.807) is 19.2 Å². The summed E-state index contributed by atoms with van der Waals surface area (Å²) in [6.45, 7) is 0. The van der Waals surface area contributed by atoms with E-state index in [-0.39, 0.29) is 11.5 Å². The SMILES string of the molecule is CNc1nnc(Nc2cccc(O)c2O)[nH]1. The third kappa shape index (κ3) is 1.83. The molecule has 0 aliphatic heterocycles. The van der Waals surface area contributed by atoms with E-state index < -0.39 is 0 Å². The standard InChI is InChI=1S/C9H11N5O2/c1-10-8-12-9(14-13-8)11-5-3-2-4-6(15)7(5)16/h2-4,15-16H,1H3,(H3,10,11,12,13,14). The van der Waals surface area contributed by atoms with Crippen molar-refractivity contribution >= 4 is 17.6 Å². The minimum atomic E-state index is -0.232. The Labute approximate surface area is 91.2 Å². The van der Waals surface area contributed by atoms with Crippen molar-refractivity contribution in [2.75, 3.05) is 17.7 Å². The number of anilines is 3. The molecule has 7 nitrogen and oxygen atoms in total. The molecule has 5 N–H and O–H groups in total. The molecule has 0 radical (unpaired) electrons. The van der Waals surface area contributed by atoms with Crippen LogP contribution < -0.4 is 10.6 Å².